The number of benzene rings is 2. The molecule has 0 atom stereocenters. The highest BCUT2D eigenvalue weighted by molar-refractivity contribution is 5.89. The van der Waals surface area contributed by atoms with Gasteiger partial charge in [-0.1, -0.05) is 44.0 Å². The van der Waals surface area contributed by atoms with Crippen LogP contribution < -0.4 is 10.3 Å². The number of fused-ring (bicyclic) bond motifs is 1. The number of H-pyrrole nitrogens is 1. The SMILES string of the molecule is CCCCCOc1ccc(/C=C(\C#N)c2nc3ccccc3c(=O)[nH]2)cc1. The molecule has 0 spiro atoms. The number of hydrogen-bond acceptors (Lipinski definition) is 4. The van der Waals surface area contributed by atoms with Gasteiger partial charge in [0, 0.05) is 0 Å². The fourth-order valence-corrected chi connectivity index (χ4v) is 2.74. The van der Waals surface area contributed by atoms with Crippen LogP contribution in [0.25, 0.3) is 22.6 Å². The Hall–Kier alpha value is -3.39. The average molecular weight is 359 g/mol. The number of rotatable bonds is 7. The highest BCUT2D eigenvalue weighted by Crippen LogP contribution is 2.18. The van der Waals surface area contributed by atoms with Crippen LogP contribution in [0.3, 0.4) is 0 Å². The molecule has 2 aromatic carbocycles. The number of unbranched alkanes of at least 4 members (excludes halogenated alkanes) is 2. The van der Waals surface area contributed by atoms with E-state index >= 15 is 0 Å². The van der Waals surface area contributed by atoms with E-state index in [0.29, 0.717) is 23.1 Å². The van der Waals surface area contributed by atoms with Gasteiger partial charge in [0.15, 0.2) is 5.82 Å². The smallest absolute Gasteiger partial charge is 0.259 e. The Morgan fingerprint density at radius 3 is 2.70 bits per heavy atom. The highest BCUT2D eigenvalue weighted by atomic mass is 16.5. The van der Waals surface area contributed by atoms with E-state index in [4.69, 9.17) is 4.74 Å². The molecule has 0 fully saturated rings. The van der Waals surface area contributed by atoms with Crippen molar-refractivity contribution in [2.75, 3.05) is 6.61 Å². The Balaban J connectivity index is 1.82. The number of nitrogens with zero attached hydrogens (tertiary/aromatic N) is 2. The predicted molar refractivity (Wildman–Crippen MR) is 107 cm³/mol. The Morgan fingerprint density at radius 2 is 1.96 bits per heavy atom. The van der Waals surface area contributed by atoms with Gasteiger partial charge in [0.25, 0.3) is 5.56 Å². The van der Waals surface area contributed by atoms with Gasteiger partial charge in [0.2, 0.25) is 0 Å². The van der Waals surface area contributed by atoms with Crippen LogP contribution in [0.4, 0.5) is 0 Å². The van der Waals surface area contributed by atoms with Crippen molar-refractivity contribution in [3.05, 3.63) is 70.3 Å². The lowest BCUT2D eigenvalue weighted by Crippen LogP contribution is -2.11. The maximum atomic E-state index is 12.2. The summed E-state index contributed by atoms with van der Waals surface area (Å²) in [6.45, 7) is 2.86. The van der Waals surface area contributed by atoms with Crippen molar-refractivity contribution in [3.63, 3.8) is 0 Å². The molecule has 27 heavy (non-hydrogen) atoms. The largest absolute Gasteiger partial charge is 0.494 e. The lowest BCUT2D eigenvalue weighted by atomic mass is 10.1. The lowest BCUT2D eigenvalue weighted by Gasteiger charge is -2.06. The zero-order valence-electron chi connectivity index (χ0n) is 15.2. The third-order valence-electron chi connectivity index (χ3n) is 4.20. The molecule has 0 radical (unpaired) electrons. The number of ether oxygens (including phenoxy) is 1. The van der Waals surface area contributed by atoms with Crippen molar-refractivity contribution in [2.45, 2.75) is 26.2 Å². The summed E-state index contributed by atoms with van der Waals surface area (Å²) in [6.07, 6.45) is 5.06. The molecule has 3 aromatic rings. The summed E-state index contributed by atoms with van der Waals surface area (Å²) in [5, 5.41) is 10.0. The minimum Gasteiger partial charge on any atom is -0.494 e. The van der Waals surface area contributed by atoms with Crippen LogP contribution in [-0.2, 0) is 0 Å². The quantitative estimate of drug-likeness (QED) is 0.495. The van der Waals surface area contributed by atoms with Crippen molar-refractivity contribution in [1.29, 1.82) is 5.26 Å². The fraction of sp³-hybridized carbons (Fsp3) is 0.227. The van der Waals surface area contributed by atoms with Gasteiger partial charge in [-0.05, 0) is 42.3 Å². The molecular weight excluding hydrogens is 338 g/mol. The van der Waals surface area contributed by atoms with E-state index in [1.54, 1.807) is 24.3 Å². The summed E-state index contributed by atoms with van der Waals surface area (Å²) in [5.41, 5.74) is 1.44. The summed E-state index contributed by atoms with van der Waals surface area (Å²) in [6, 6.07) is 16.7. The molecule has 0 amide bonds. The van der Waals surface area contributed by atoms with Gasteiger partial charge in [-0.2, -0.15) is 5.26 Å². The molecule has 5 nitrogen and oxygen atoms in total. The van der Waals surface area contributed by atoms with Crippen molar-refractivity contribution in [1.82, 2.24) is 9.97 Å². The van der Waals surface area contributed by atoms with Gasteiger partial charge in [0.05, 0.1) is 23.1 Å². The minimum absolute atomic E-state index is 0.257. The van der Waals surface area contributed by atoms with E-state index in [-0.39, 0.29) is 11.4 Å². The first-order chi connectivity index (χ1) is 13.2. The molecule has 0 saturated carbocycles. The predicted octanol–water partition coefficient (Wildman–Crippen LogP) is 4.56. The van der Waals surface area contributed by atoms with Crippen LogP contribution in [0.2, 0.25) is 0 Å². The topological polar surface area (TPSA) is 78.8 Å². The summed E-state index contributed by atoms with van der Waals surface area (Å²) in [7, 11) is 0. The van der Waals surface area contributed by atoms with E-state index in [1.807, 2.05) is 30.3 Å². The molecule has 0 unspecified atom stereocenters. The van der Waals surface area contributed by atoms with E-state index in [0.717, 1.165) is 30.6 Å². The Bertz CT molecular complexity index is 1040. The first-order valence-electron chi connectivity index (χ1n) is 9.05. The molecule has 0 saturated heterocycles. The Kier molecular flexibility index (Phi) is 6.01. The molecule has 3 rings (SSSR count). The van der Waals surface area contributed by atoms with Crippen LogP contribution in [0, 0.1) is 11.3 Å². The average Bonchev–Trinajstić information content (AvgIpc) is 2.70. The zero-order valence-corrected chi connectivity index (χ0v) is 15.2. The number of aromatic nitrogens is 2. The van der Waals surface area contributed by atoms with Crippen LogP contribution in [-0.4, -0.2) is 16.6 Å². The second-order valence-electron chi connectivity index (χ2n) is 6.23. The van der Waals surface area contributed by atoms with E-state index in [9.17, 15) is 10.1 Å². The summed E-state index contributed by atoms with van der Waals surface area (Å²) >= 11 is 0. The number of hydrogen-bond donors (Lipinski definition) is 1. The van der Waals surface area contributed by atoms with Crippen molar-refractivity contribution in [3.8, 4) is 11.8 Å². The maximum Gasteiger partial charge on any atom is 0.259 e. The maximum absolute atomic E-state index is 12.2. The molecular formula is C22H21N3O2. The first kappa shape index (κ1) is 18.4. The van der Waals surface area contributed by atoms with Crippen molar-refractivity contribution >= 4 is 22.6 Å². The highest BCUT2D eigenvalue weighted by Gasteiger charge is 2.08. The van der Waals surface area contributed by atoms with Gasteiger partial charge in [0.1, 0.15) is 11.8 Å². The lowest BCUT2D eigenvalue weighted by molar-refractivity contribution is 0.306. The van der Waals surface area contributed by atoms with Crippen LogP contribution in [0.1, 0.15) is 37.6 Å². The van der Waals surface area contributed by atoms with Gasteiger partial charge >= 0.3 is 0 Å². The monoisotopic (exact) mass is 359 g/mol. The molecule has 1 N–H and O–H groups in total. The second kappa shape index (κ2) is 8.81. The number of nitriles is 1. The van der Waals surface area contributed by atoms with Crippen molar-refractivity contribution in [2.24, 2.45) is 0 Å². The number of para-hydroxylation sites is 1. The zero-order chi connectivity index (χ0) is 19.1. The number of nitrogens with one attached hydrogen (secondary N) is 1. The number of aromatic amines is 1. The Morgan fingerprint density at radius 1 is 1.19 bits per heavy atom. The molecule has 0 aliphatic rings. The molecule has 1 aromatic heterocycles. The first-order valence-corrected chi connectivity index (χ1v) is 9.05. The summed E-state index contributed by atoms with van der Waals surface area (Å²) in [4.78, 5) is 19.3. The molecule has 136 valence electrons. The van der Waals surface area contributed by atoms with Gasteiger partial charge in [-0.25, -0.2) is 4.98 Å². The van der Waals surface area contributed by atoms with Gasteiger partial charge < -0.3 is 9.72 Å². The van der Waals surface area contributed by atoms with E-state index in [2.05, 4.69) is 23.0 Å². The van der Waals surface area contributed by atoms with Crippen LogP contribution in [0.5, 0.6) is 5.75 Å². The second-order valence-corrected chi connectivity index (χ2v) is 6.23. The normalized spacial score (nSPS) is 11.3. The minimum atomic E-state index is -0.257. The van der Waals surface area contributed by atoms with Crippen molar-refractivity contribution < 1.29 is 4.74 Å². The van der Waals surface area contributed by atoms with Crippen LogP contribution in [0.15, 0.2) is 53.3 Å². The Labute approximate surface area is 158 Å². The number of allylic oxidation sites excluding steroid dienone is 1. The summed E-state index contributed by atoms with van der Waals surface area (Å²) in [5.74, 6) is 1.07. The molecule has 0 aliphatic heterocycles. The third-order valence-corrected chi connectivity index (χ3v) is 4.20. The summed E-state index contributed by atoms with van der Waals surface area (Å²) < 4.78 is 5.70. The third kappa shape index (κ3) is 4.62. The van der Waals surface area contributed by atoms with Crippen LogP contribution >= 0.6 is 0 Å². The molecule has 5 heteroatoms. The standard InChI is InChI=1S/C22H21N3O2/c1-2-3-6-13-27-18-11-9-16(10-12-18)14-17(15-23)21-24-20-8-5-4-7-19(20)22(26)25-21/h4-5,7-12,14H,2-3,6,13H2,1H3,(H,24,25,26)/b17-14+. The van der Waals surface area contributed by atoms with Gasteiger partial charge in [-0.15, -0.1) is 0 Å². The molecule has 1 heterocycles. The molecule has 0 aliphatic carbocycles. The fourth-order valence-electron chi connectivity index (χ4n) is 2.74. The molecule has 0 bridgehead atoms. The van der Waals surface area contributed by atoms with E-state index < -0.39 is 0 Å². The van der Waals surface area contributed by atoms with Gasteiger partial charge in [-0.3, -0.25) is 4.79 Å². The van der Waals surface area contributed by atoms with E-state index in [1.165, 1.54) is 0 Å².